The second-order valence-corrected chi connectivity index (χ2v) is 6.69. The lowest BCUT2D eigenvalue weighted by atomic mass is 10.0. The Labute approximate surface area is 167 Å². The third kappa shape index (κ3) is 6.78. The molecule has 0 aliphatic rings. The largest absolute Gasteiger partial charge is 0.452 e. The van der Waals surface area contributed by atoms with Gasteiger partial charge in [0.05, 0.1) is 11.6 Å². The van der Waals surface area contributed by atoms with E-state index < -0.39 is 30.2 Å². The number of carbonyl (C=O) groups is 2. The van der Waals surface area contributed by atoms with E-state index >= 15 is 0 Å². The van der Waals surface area contributed by atoms with Gasteiger partial charge >= 0.3 is 12.1 Å². The van der Waals surface area contributed by atoms with Crippen molar-refractivity contribution < 1.29 is 27.5 Å². The van der Waals surface area contributed by atoms with Gasteiger partial charge in [0.15, 0.2) is 6.61 Å². The van der Waals surface area contributed by atoms with Gasteiger partial charge in [0.2, 0.25) is 0 Å². The molecule has 0 heterocycles. The first-order chi connectivity index (χ1) is 13.6. The van der Waals surface area contributed by atoms with Gasteiger partial charge in [-0.25, -0.2) is 4.79 Å². The summed E-state index contributed by atoms with van der Waals surface area (Å²) in [5, 5.41) is 2.75. The van der Waals surface area contributed by atoms with E-state index in [9.17, 15) is 22.8 Å². The van der Waals surface area contributed by atoms with Crippen LogP contribution in [-0.4, -0.2) is 18.5 Å². The van der Waals surface area contributed by atoms with E-state index in [4.69, 9.17) is 4.74 Å². The Balaban J connectivity index is 1.82. The van der Waals surface area contributed by atoms with Crippen LogP contribution in [0.15, 0.2) is 48.5 Å². The first-order valence-corrected chi connectivity index (χ1v) is 8.95. The molecular weight excluding hydrogens is 383 g/mol. The van der Waals surface area contributed by atoms with E-state index in [0.717, 1.165) is 34.9 Å². The highest BCUT2D eigenvalue weighted by molar-refractivity contribution is 5.89. The van der Waals surface area contributed by atoms with E-state index in [1.807, 2.05) is 39.0 Å². The summed E-state index contributed by atoms with van der Waals surface area (Å²) in [5.74, 6) is -1.22. The van der Waals surface area contributed by atoms with E-state index in [1.165, 1.54) is 18.2 Å². The average molecular weight is 405 g/mol. The van der Waals surface area contributed by atoms with Crippen molar-refractivity contribution in [3.05, 3.63) is 76.4 Å². The van der Waals surface area contributed by atoms with Crippen molar-refractivity contribution in [3.8, 4) is 0 Å². The highest BCUT2D eigenvalue weighted by Gasteiger charge is 2.29. The number of ether oxygens (including phenoxy) is 1. The SMILES string of the molecule is Cc1ccc([C@H](C)NC(=O)COC(=O)/C=C/c2ccc(C(F)(F)F)cc2)cc1C. The molecule has 154 valence electrons. The first kappa shape index (κ1) is 22.2. The number of rotatable bonds is 6. The van der Waals surface area contributed by atoms with Crippen molar-refractivity contribution in [1.29, 1.82) is 0 Å². The summed E-state index contributed by atoms with van der Waals surface area (Å²) in [5.41, 5.74) is 2.84. The maximum absolute atomic E-state index is 12.5. The fourth-order valence-corrected chi connectivity index (χ4v) is 2.53. The normalized spacial score (nSPS) is 12.6. The van der Waals surface area contributed by atoms with Crippen LogP contribution in [0.3, 0.4) is 0 Å². The third-order valence-electron chi connectivity index (χ3n) is 4.40. The minimum absolute atomic E-state index is 0.247. The van der Waals surface area contributed by atoms with Gasteiger partial charge < -0.3 is 10.1 Å². The standard InChI is InChI=1S/C22H22F3NO3/c1-14-4-8-18(12-15(14)2)16(3)26-20(27)13-29-21(28)11-7-17-5-9-19(10-6-17)22(23,24)25/h4-12,16H,13H2,1-3H3,(H,26,27)/b11-7+/t16-/m0/s1. The Bertz CT molecular complexity index is 903. The summed E-state index contributed by atoms with van der Waals surface area (Å²) >= 11 is 0. The van der Waals surface area contributed by atoms with Gasteiger partial charge in [0.25, 0.3) is 5.91 Å². The second-order valence-electron chi connectivity index (χ2n) is 6.69. The molecule has 0 aliphatic carbocycles. The summed E-state index contributed by atoms with van der Waals surface area (Å²) in [6.45, 7) is 5.36. The number of carbonyl (C=O) groups excluding carboxylic acids is 2. The molecule has 0 spiro atoms. The van der Waals surface area contributed by atoms with E-state index in [-0.39, 0.29) is 6.04 Å². The van der Waals surface area contributed by atoms with Gasteiger partial charge in [-0.05, 0) is 61.2 Å². The zero-order valence-corrected chi connectivity index (χ0v) is 16.3. The fraction of sp³-hybridized carbons (Fsp3) is 0.273. The lowest BCUT2D eigenvalue weighted by molar-refractivity contribution is -0.144. The van der Waals surface area contributed by atoms with E-state index in [1.54, 1.807) is 0 Å². The molecule has 0 saturated heterocycles. The summed E-state index contributed by atoms with van der Waals surface area (Å²) in [6, 6.07) is 9.96. The molecule has 1 amide bonds. The zero-order valence-electron chi connectivity index (χ0n) is 16.3. The van der Waals surface area contributed by atoms with Crippen LogP contribution in [0.5, 0.6) is 0 Å². The Morgan fingerprint density at radius 1 is 1.07 bits per heavy atom. The lowest BCUT2D eigenvalue weighted by Gasteiger charge is -2.15. The highest BCUT2D eigenvalue weighted by Crippen LogP contribution is 2.29. The smallest absolute Gasteiger partial charge is 0.416 e. The van der Waals surface area contributed by atoms with Gasteiger partial charge in [-0.1, -0.05) is 30.3 Å². The molecule has 29 heavy (non-hydrogen) atoms. The molecule has 4 nitrogen and oxygen atoms in total. The van der Waals surface area contributed by atoms with Crippen molar-refractivity contribution >= 4 is 18.0 Å². The summed E-state index contributed by atoms with van der Waals surface area (Å²) in [4.78, 5) is 23.7. The van der Waals surface area contributed by atoms with Crippen LogP contribution in [0, 0.1) is 13.8 Å². The van der Waals surface area contributed by atoms with Crippen LogP contribution in [-0.2, 0) is 20.5 Å². The molecule has 2 rings (SSSR count). The van der Waals surface area contributed by atoms with Crippen molar-refractivity contribution in [2.24, 2.45) is 0 Å². The van der Waals surface area contributed by atoms with Crippen LogP contribution in [0.1, 0.15) is 40.8 Å². The predicted molar refractivity (Wildman–Crippen MR) is 104 cm³/mol. The van der Waals surface area contributed by atoms with Crippen molar-refractivity contribution in [3.63, 3.8) is 0 Å². The molecule has 0 fully saturated rings. The molecule has 2 aromatic rings. The van der Waals surface area contributed by atoms with Crippen LogP contribution in [0.25, 0.3) is 6.08 Å². The second kappa shape index (κ2) is 9.41. The quantitative estimate of drug-likeness (QED) is 0.557. The van der Waals surface area contributed by atoms with Gasteiger partial charge in [-0.3, -0.25) is 4.79 Å². The molecule has 1 N–H and O–H groups in total. The van der Waals surface area contributed by atoms with Crippen molar-refractivity contribution in [2.75, 3.05) is 6.61 Å². The molecule has 1 atom stereocenters. The molecule has 0 bridgehead atoms. The monoisotopic (exact) mass is 405 g/mol. The van der Waals surface area contributed by atoms with Crippen LogP contribution < -0.4 is 5.32 Å². The minimum atomic E-state index is -4.41. The summed E-state index contributed by atoms with van der Waals surface area (Å²) in [6.07, 6.45) is -2.04. The number of amides is 1. The van der Waals surface area contributed by atoms with E-state index in [2.05, 4.69) is 5.32 Å². The molecule has 2 aromatic carbocycles. The molecule has 0 unspecified atom stereocenters. The Morgan fingerprint density at radius 3 is 2.31 bits per heavy atom. The summed E-state index contributed by atoms with van der Waals surface area (Å²) < 4.78 is 42.4. The maximum Gasteiger partial charge on any atom is 0.416 e. The Kier molecular flexibility index (Phi) is 7.20. The van der Waals surface area contributed by atoms with Gasteiger partial charge in [-0.15, -0.1) is 0 Å². The minimum Gasteiger partial charge on any atom is -0.452 e. The topological polar surface area (TPSA) is 55.4 Å². The zero-order chi connectivity index (χ0) is 21.6. The van der Waals surface area contributed by atoms with Crippen molar-refractivity contribution in [2.45, 2.75) is 33.0 Å². The number of benzene rings is 2. The Morgan fingerprint density at radius 2 is 1.72 bits per heavy atom. The molecule has 0 radical (unpaired) electrons. The number of alkyl halides is 3. The van der Waals surface area contributed by atoms with Gasteiger partial charge in [0, 0.05) is 6.08 Å². The fourth-order valence-electron chi connectivity index (χ4n) is 2.53. The lowest BCUT2D eigenvalue weighted by Crippen LogP contribution is -2.31. The number of halogens is 3. The number of hydrogen-bond donors (Lipinski definition) is 1. The third-order valence-corrected chi connectivity index (χ3v) is 4.40. The number of aryl methyl sites for hydroxylation is 2. The molecule has 0 aliphatic heterocycles. The molecular formula is C22H22F3NO3. The van der Waals surface area contributed by atoms with Gasteiger partial charge in [0.1, 0.15) is 0 Å². The van der Waals surface area contributed by atoms with Gasteiger partial charge in [-0.2, -0.15) is 13.2 Å². The number of esters is 1. The maximum atomic E-state index is 12.5. The van der Waals surface area contributed by atoms with E-state index in [0.29, 0.717) is 5.56 Å². The summed E-state index contributed by atoms with van der Waals surface area (Å²) in [7, 11) is 0. The van der Waals surface area contributed by atoms with Crippen LogP contribution in [0.4, 0.5) is 13.2 Å². The Hall–Kier alpha value is -3.09. The predicted octanol–water partition coefficient (Wildman–Crippen LogP) is 4.76. The first-order valence-electron chi connectivity index (χ1n) is 8.95. The average Bonchev–Trinajstić information content (AvgIpc) is 2.66. The molecule has 0 saturated carbocycles. The molecule has 7 heteroatoms. The van der Waals surface area contributed by atoms with Crippen molar-refractivity contribution in [1.82, 2.24) is 5.32 Å². The highest BCUT2D eigenvalue weighted by atomic mass is 19.4. The molecule has 0 aromatic heterocycles. The number of nitrogens with one attached hydrogen (secondary N) is 1. The van der Waals surface area contributed by atoms with Crippen LogP contribution in [0.2, 0.25) is 0 Å². The number of hydrogen-bond acceptors (Lipinski definition) is 3. The van der Waals surface area contributed by atoms with Crippen LogP contribution >= 0.6 is 0 Å².